The van der Waals surface area contributed by atoms with E-state index in [4.69, 9.17) is 10.3 Å². The summed E-state index contributed by atoms with van der Waals surface area (Å²) < 4.78 is 4.82. The first-order valence-electron chi connectivity index (χ1n) is 4.34. The highest BCUT2D eigenvalue weighted by Crippen LogP contribution is 2.11. The van der Waals surface area contributed by atoms with E-state index in [1.54, 1.807) is 6.92 Å². The van der Waals surface area contributed by atoms with E-state index in [9.17, 15) is 0 Å². The molecule has 0 saturated heterocycles. The zero-order valence-electron chi connectivity index (χ0n) is 8.14. The van der Waals surface area contributed by atoms with Crippen molar-refractivity contribution in [2.24, 2.45) is 0 Å². The van der Waals surface area contributed by atoms with Crippen molar-refractivity contribution in [3.05, 3.63) is 24.2 Å². The smallest absolute Gasteiger partial charge is 0.223 e. The molecule has 0 saturated carbocycles. The molecule has 0 radical (unpaired) electrons. The second-order valence-corrected chi connectivity index (χ2v) is 2.91. The Kier molecular flexibility index (Phi) is 2.44. The second kappa shape index (κ2) is 3.91. The van der Waals surface area contributed by atoms with Crippen LogP contribution in [-0.4, -0.2) is 20.1 Å². The first kappa shape index (κ1) is 9.38. The summed E-state index contributed by atoms with van der Waals surface area (Å²) in [5, 5.41) is 6.71. The van der Waals surface area contributed by atoms with Crippen molar-refractivity contribution in [2.75, 3.05) is 11.1 Å². The van der Waals surface area contributed by atoms with Crippen LogP contribution in [0.5, 0.6) is 0 Å². The molecule has 0 amide bonds. The number of nitrogen functional groups attached to an aromatic ring is 1. The van der Waals surface area contributed by atoms with Gasteiger partial charge in [0.2, 0.25) is 5.89 Å². The molecule has 78 valence electrons. The van der Waals surface area contributed by atoms with Gasteiger partial charge in [-0.2, -0.15) is 4.98 Å². The normalized spacial score (nSPS) is 10.2. The fourth-order valence-electron chi connectivity index (χ4n) is 1.06. The van der Waals surface area contributed by atoms with Gasteiger partial charge >= 0.3 is 0 Å². The molecule has 2 rings (SSSR count). The molecule has 2 aromatic heterocycles. The Morgan fingerprint density at radius 2 is 2.40 bits per heavy atom. The zero-order valence-corrected chi connectivity index (χ0v) is 8.14. The standard InChI is InChI=1S/C8H10N6O/c1-5-13-7(14-15-5)3-11-8-6(9)2-10-4-12-8/h2,4H,3,9H2,1H3,(H,10,11,12). The summed E-state index contributed by atoms with van der Waals surface area (Å²) in [6.45, 7) is 2.15. The summed E-state index contributed by atoms with van der Waals surface area (Å²) in [5.41, 5.74) is 6.12. The second-order valence-electron chi connectivity index (χ2n) is 2.91. The largest absolute Gasteiger partial charge is 0.394 e. The molecule has 0 unspecified atom stereocenters. The molecule has 0 aliphatic rings. The van der Waals surface area contributed by atoms with Crippen molar-refractivity contribution >= 4 is 11.5 Å². The molecule has 0 fully saturated rings. The summed E-state index contributed by atoms with van der Waals surface area (Å²) in [7, 11) is 0. The Labute approximate surface area is 85.7 Å². The van der Waals surface area contributed by atoms with Crippen LogP contribution in [0.2, 0.25) is 0 Å². The number of nitrogens with two attached hydrogens (primary N) is 1. The van der Waals surface area contributed by atoms with Gasteiger partial charge in [0.05, 0.1) is 18.4 Å². The lowest BCUT2D eigenvalue weighted by molar-refractivity contribution is 0.388. The van der Waals surface area contributed by atoms with E-state index in [0.29, 0.717) is 29.8 Å². The van der Waals surface area contributed by atoms with Gasteiger partial charge in [-0.05, 0) is 0 Å². The van der Waals surface area contributed by atoms with E-state index < -0.39 is 0 Å². The quantitative estimate of drug-likeness (QED) is 0.747. The summed E-state index contributed by atoms with van der Waals surface area (Å²) in [6.07, 6.45) is 2.94. The van der Waals surface area contributed by atoms with Gasteiger partial charge in [0.1, 0.15) is 6.33 Å². The van der Waals surface area contributed by atoms with Crippen LogP contribution in [0.25, 0.3) is 0 Å². The van der Waals surface area contributed by atoms with Gasteiger partial charge in [0.25, 0.3) is 0 Å². The molecule has 7 nitrogen and oxygen atoms in total. The highest BCUT2D eigenvalue weighted by molar-refractivity contribution is 5.58. The SMILES string of the molecule is Cc1nc(CNc2ncncc2N)no1. The maximum absolute atomic E-state index is 5.64. The van der Waals surface area contributed by atoms with Crippen molar-refractivity contribution in [3.8, 4) is 0 Å². The molecule has 2 heterocycles. The minimum atomic E-state index is 0.415. The number of nitrogens with one attached hydrogen (secondary N) is 1. The number of aromatic nitrogens is 4. The van der Waals surface area contributed by atoms with Crippen LogP contribution in [-0.2, 0) is 6.54 Å². The molecule has 0 bridgehead atoms. The van der Waals surface area contributed by atoms with Crippen molar-refractivity contribution in [1.29, 1.82) is 0 Å². The summed E-state index contributed by atoms with van der Waals surface area (Å²) >= 11 is 0. The maximum atomic E-state index is 5.64. The van der Waals surface area contributed by atoms with Crippen molar-refractivity contribution in [3.63, 3.8) is 0 Å². The molecule has 15 heavy (non-hydrogen) atoms. The molecule has 0 atom stereocenters. The van der Waals surface area contributed by atoms with Crippen molar-refractivity contribution < 1.29 is 4.52 Å². The van der Waals surface area contributed by atoms with E-state index in [1.165, 1.54) is 12.5 Å². The van der Waals surface area contributed by atoms with E-state index in [1.807, 2.05) is 0 Å². The molecule has 2 aromatic rings. The molecule has 0 spiro atoms. The van der Waals surface area contributed by atoms with Crippen LogP contribution >= 0.6 is 0 Å². The number of nitrogens with zero attached hydrogens (tertiary/aromatic N) is 4. The highest BCUT2D eigenvalue weighted by atomic mass is 16.5. The number of aryl methyl sites for hydroxylation is 1. The number of hydrogen-bond acceptors (Lipinski definition) is 7. The maximum Gasteiger partial charge on any atom is 0.223 e. The highest BCUT2D eigenvalue weighted by Gasteiger charge is 2.03. The Bertz CT molecular complexity index is 454. The Balaban J connectivity index is 2.02. The predicted octanol–water partition coefficient (Wildman–Crippen LogP) is 0.362. The fraction of sp³-hybridized carbons (Fsp3) is 0.250. The Morgan fingerprint density at radius 3 is 3.07 bits per heavy atom. The third kappa shape index (κ3) is 2.19. The number of anilines is 2. The first-order valence-corrected chi connectivity index (χ1v) is 4.34. The fourth-order valence-corrected chi connectivity index (χ4v) is 1.06. The average Bonchev–Trinajstić information content (AvgIpc) is 2.63. The Morgan fingerprint density at radius 1 is 1.53 bits per heavy atom. The average molecular weight is 206 g/mol. The lowest BCUT2D eigenvalue weighted by Gasteiger charge is -2.03. The van der Waals surface area contributed by atoms with E-state index >= 15 is 0 Å². The van der Waals surface area contributed by atoms with Crippen molar-refractivity contribution in [1.82, 2.24) is 20.1 Å². The molecule has 0 aliphatic carbocycles. The van der Waals surface area contributed by atoms with Gasteiger partial charge in [-0.15, -0.1) is 0 Å². The van der Waals surface area contributed by atoms with E-state index in [0.717, 1.165) is 0 Å². The summed E-state index contributed by atoms with van der Waals surface area (Å²) in [6, 6.07) is 0. The third-order valence-corrected chi connectivity index (χ3v) is 1.72. The number of hydrogen-bond donors (Lipinski definition) is 2. The Hall–Kier alpha value is -2.18. The summed E-state index contributed by atoms with van der Waals surface area (Å²) in [5.74, 6) is 1.65. The number of rotatable bonds is 3. The minimum Gasteiger partial charge on any atom is -0.394 e. The van der Waals surface area contributed by atoms with Crippen LogP contribution in [0.4, 0.5) is 11.5 Å². The van der Waals surface area contributed by atoms with E-state index in [-0.39, 0.29) is 0 Å². The van der Waals surface area contributed by atoms with Crippen LogP contribution in [0.3, 0.4) is 0 Å². The molecule has 0 aliphatic heterocycles. The zero-order chi connectivity index (χ0) is 10.7. The topological polar surface area (TPSA) is 103 Å². The third-order valence-electron chi connectivity index (χ3n) is 1.72. The van der Waals surface area contributed by atoms with Gasteiger partial charge in [-0.25, -0.2) is 9.97 Å². The van der Waals surface area contributed by atoms with Crippen LogP contribution < -0.4 is 11.1 Å². The lowest BCUT2D eigenvalue weighted by atomic mass is 10.4. The van der Waals surface area contributed by atoms with Gasteiger partial charge in [0.15, 0.2) is 11.6 Å². The van der Waals surface area contributed by atoms with Gasteiger partial charge in [0, 0.05) is 6.92 Å². The van der Waals surface area contributed by atoms with Crippen LogP contribution in [0, 0.1) is 6.92 Å². The minimum absolute atomic E-state index is 0.415. The first-order chi connectivity index (χ1) is 7.25. The molecular formula is C8H10N6O. The summed E-state index contributed by atoms with van der Waals surface area (Å²) in [4.78, 5) is 11.8. The van der Waals surface area contributed by atoms with Gasteiger partial charge in [-0.1, -0.05) is 5.16 Å². The molecular weight excluding hydrogens is 196 g/mol. The lowest BCUT2D eigenvalue weighted by Crippen LogP contribution is -2.05. The van der Waals surface area contributed by atoms with Gasteiger partial charge in [-0.3, -0.25) is 0 Å². The monoisotopic (exact) mass is 206 g/mol. The van der Waals surface area contributed by atoms with E-state index in [2.05, 4.69) is 25.4 Å². The van der Waals surface area contributed by atoms with Crippen LogP contribution in [0.1, 0.15) is 11.7 Å². The van der Waals surface area contributed by atoms with Gasteiger partial charge < -0.3 is 15.6 Å². The predicted molar refractivity (Wildman–Crippen MR) is 52.8 cm³/mol. The molecule has 0 aromatic carbocycles. The molecule has 3 N–H and O–H groups in total. The van der Waals surface area contributed by atoms with Crippen LogP contribution in [0.15, 0.2) is 17.0 Å². The molecule has 7 heteroatoms. The van der Waals surface area contributed by atoms with Crippen molar-refractivity contribution in [2.45, 2.75) is 13.5 Å².